The number of benzene rings is 1. The van der Waals surface area contributed by atoms with E-state index in [9.17, 15) is 13.2 Å². The highest BCUT2D eigenvalue weighted by atomic mass is 35.5. The molecule has 1 unspecified atom stereocenters. The van der Waals surface area contributed by atoms with Crippen LogP contribution in [0.2, 0.25) is 0 Å². The minimum absolute atomic E-state index is 0. The maximum atomic E-state index is 12.2. The van der Waals surface area contributed by atoms with Gasteiger partial charge in [-0.2, -0.15) is 0 Å². The van der Waals surface area contributed by atoms with Crippen molar-refractivity contribution in [2.45, 2.75) is 19.8 Å². The second-order valence-electron chi connectivity index (χ2n) is 5.92. The summed E-state index contributed by atoms with van der Waals surface area (Å²) in [4.78, 5) is 12.2. The summed E-state index contributed by atoms with van der Waals surface area (Å²) in [5.74, 6) is 0.167. The van der Waals surface area contributed by atoms with Crippen molar-refractivity contribution >= 4 is 39.7 Å². The fourth-order valence-corrected chi connectivity index (χ4v) is 4.61. The molecule has 2 saturated heterocycles. The smallest absolute Gasteiger partial charge is 0.235 e. The minimum atomic E-state index is -3.21. The van der Waals surface area contributed by atoms with Crippen LogP contribution in [0.3, 0.4) is 0 Å². The van der Waals surface area contributed by atoms with Crippen LogP contribution in [0.1, 0.15) is 18.4 Å². The first kappa shape index (κ1) is 18.0. The van der Waals surface area contributed by atoms with Gasteiger partial charge in [-0.3, -0.25) is 9.10 Å². The van der Waals surface area contributed by atoms with Crippen molar-refractivity contribution in [3.63, 3.8) is 0 Å². The summed E-state index contributed by atoms with van der Waals surface area (Å²) in [6.07, 6.45) is 1.48. The number of rotatable bonds is 3. The van der Waals surface area contributed by atoms with Gasteiger partial charge in [0.25, 0.3) is 0 Å². The number of nitrogens with one attached hydrogen (secondary N) is 2. The summed E-state index contributed by atoms with van der Waals surface area (Å²) in [7, 11) is -3.21. The van der Waals surface area contributed by atoms with Gasteiger partial charge in [0.1, 0.15) is 0 Å². The molecule has 1 aromatic carbocycles. The Balaban J connectivity index is 0.00000192. The SMILES string of the molecule is Cc1ccc(NC(=O)C2CCNC2)cc1N1CCCS1(=O)=O.Cl. The molecule has 1 atom stereocenters. The van der Waals surface area contributed by atoms with Crippen LogP contribution in [0, 0.1) is 12.8 Å². The number of hydrogen-bond acceptors (Lipinski definition) is 4. The van der Waals surface area contributed by atoms with Crippen LogP contribution in [-0.2, 0) is 14.8 Å². The monoisotopic (exact) mass is 359 g/mol. The third-order valence-electron chi connectivity index (χ3n) is 4.28. The Kier molecular flexibility index (Phi) is 5.54. The number of halogens is 1. The topological polar surface area (TPSA) is 78.5 Å². The van der Waals surface area contributed by atoms with Crippen LogP contribution in [0.25, 0.3) is 0 Å². The zero-order valence-electron chi connectivity index (χ0n) is 13.0. The maximum absolute atomic E-state index is 12.2. The van der Waals surface area contributed by atoms with E-state index in [4.69, 9.17) is 0 Å². The molecule has 0 spiro atoms. The lowest BCUT2D eigenvalue weighted by molar-refractivity contribution is -0.119. The van der Waals surface area contributed by atoms with E-state index in [1.54, 1.807) is 6.07 Å². The molecule has 0 bridgehead atoms. The van der Waals surface area contributed by atoms with E-state index >= 15 is 0 Å². The molecule has 2 fully saturated rings. The molecule has 6 nitrogen and oxygen atoms in total. The molecule has 0 aliphatic carbocycles. The average molecular weight is 360 g/mol. The second-order valence-corrected chi connectivity index (χ2v) is 7.93. The molecule has 0 saturated carbocycles. The largest absolute Gasteiger partial charge is 0.326 e. The van der Waals surface area contributed by atoms with Gasteiger partial charge in [-0.1, -0.05) is 6.07 Å². The Morgan fingerprint density at radius 2 is 2.17 bits per heavy atom. The molecule has 0 aromatic heterocycles. The first-order valence-electron chi connectivity index (χ1n) is 7.60. The molecular weight excluding hydrogens is 338 g/mol. The summed E-state index contributed by atoms with van der Waals surface area (Å²) in [6, 6.07) is 5.44. The molecule has 8 heteroatoms. The quantitative estimate of drug-likeness (QED) is 0.857. The van der Waals surface area contributed by atoms with Gasteiger partial charge in [-0.15, -0.1) is 12.4 Å². The number of carbonyl (C=O) groups is 1. The Morgan fingerprint density at radius 3 is 2.78 bits per heavy atom. The van der Waals surface area contributed by atoms with Crippen LogP contribution in [0.15, 0.2) is 18.2 Å². The summed E-state index contributed by atoms with van der Waals surface area (Å²) in [5, 5.41) is 6.07. The van der Waals surface area contributed by atoms with E-state index in [1.165, 1.54) is 4.31 Å². The van der Waals surface area contributed by atoms with E-state index in [0.717, 1.165) is 18.5 Å². The van der Waals surface area contributed by atoms with Gasteiger partial charge in [0, 0.05) is 18.8 Å². The molecule has 3 rings (SSSR count). The number of anilines is 2. The number of sulfonamides is 1. The molecular formula is C15H22ClN3O3S. The van der Waals surface area contributed by atoms with Crippen LogP contribution in [0.5, 0.6) is 0 Å². The molecule has 0 radical (unpaired) electrons. The highest BCUT2D eigenvalue weighted by Crippen LogP contribution is 2.30. The molecule has 2 aliphatic heterocycles. The molecule has 2 heterocycles. The molecule has 1 aromatic rings. The molecule has 2 aliphatic rings. The molecule has 23 heavy (non-hydrogen) atoms. The lowest BCUT2D eigenvalue weighted by atomic mass is 10.1. The number of aryl methyl sites for hydroxylation is 1. The highest BCUT2D eigenvalue weighted by Gasteiger charge is 2.30. The Bertz CT molecular complexity index is 687. The fraction of sp³-hybridized carbons (Fsp3) is 0.533. The van der Waals surface area contributed by atoms with E-state index in [-0.39, 0.29) is 30.0 Å². The number of amides is 1. The van der Waals surface area contributed by atoms with Gasteiger partial charge in [0.15, 0.2) is 0 Å². The van der Waals surface area contributed by atoms with Crippen LogP contribution in [0.4, 0.5) is 11.4 Å². The third-order valence-corrected chi connectivity index (χ3v) is 6.13. The van der Waals surface area contributed by atoms with Crippen LogP contribution < -0.4 is 14.9 Å². The lowest BCUT2D eigenvalue weighted by Gasteiger charge is -2.20. The van der Waals surface area contributed by atoms with Crippen molar-refractivity contribution in [1.82, 2.24) is 5.32 Å². The van der Waals surface area contributed by atoms with E-state index in [0.29, 0.717) is 30.9 Å². The van der Waals surface area contributed by atoms with Crippen molar-refractivity contribution in [2.75, 3.05) is 35.0 Å². The summed E-state index contributed by atoms with van der Waals surface area (Å²) in [6.45, 7) is 3.96. The van der Waals surface area contributed by atoms with Gasteiger partial charge in [-0.25, -0.2) is 8.42 Å². The summed E-state index contributed by atoms with van der Waals surface area (Å²) in [5.41, 5.74) is 2.21. The van der Waals surface area contributed by atoms with E-state index < -0.39 is 10.0 Å². The van der Waals surface area contributed by atoms with Crippen molar-refractivity contribution in [1.29, 1.82) is 0 Å². The predicted octanol–water partition coefficient (Wildman–Crippen LogP) is 1.50. The average Bonchev–Trinajstić information content (AvgIpc) is 3.10. The van der Waals surface area contributed by atoms with Crippen molar-refractivity contribution in [2.24, 2.45) is 5.92 Å². The van der Waals surface area contributed by atoms with E-state index in [2.05, 4.69) is 10.6 Å². The predicted molar refractivity (Wildman–Crippen MR) is 93.8 cm³/mol. The first-order chi connectivity index (χ1) is 10.5. The fourth-order valence-electron chi connectivity index (χ4n) is 2.99. The van der Waals surface area contributed by atoms with Crippen molar-refractivity contribution in [3.05, 3.63) is 23.8 Å². The standard InChI is InChI=1S/C15H21N3O3S.ClH/c1-11-3-4-13(17-15(19)12-5-6-16-10-12)9-14(11)18-7-2-8-22(18,20)21;/h3-4,9,12,16H,2,5-8,10H2,1H3,(H,17,19);1H. The zero-order valence-corrected chi connectivity index (χ0v) is 14.7. The van der Waals surface area contributed by atoms with Gasteiger partial charge in [0.2, 0.25) is 15.9 Å². The highest BCUT2D eigenvalue weighted by molar-refractivity contribution is 7.93. The normalized spacial score (nSPS) is 22.7. The first-order valence-corrected chi connectivity index (χ1v) is 9.21. The van der Waals surface area contributed by atoms with Crippen LogP contribution >= 0.6 is 12.4 Å². The van der Waals surface area contributed by atoms with Crippen LogP contribution in [-0.4, -0.2) is 39.7 Å². The number of hydrogen-bond donors (Lipinski definition) is 2. The van der Waals surface area contributed by atoms with E-state index in [1.807, 2.05) is 19.1 Å². The second kappa shape index (κ2) is 7.07. The van der Waals surface area contributed by atoms with Crippen molar-refractivity contribution in [3.8, 4) is 0 Å². The van der Waals surface area contributed by atoms with Gasteiger partial charge >= 0.3 is 0 Å². The summed E-state index contributed by atoms with van der Waals surface area (Å²) >= 11 is 0. The summed E-state index contributed by atoms with van der Waals surface area (Å²) < 4.78 is 25.6. The zero-order chi connectivity index (χ0) is 15.7. The van der Waals surface area contributed by atoms with Gasteiger partial charge < -0.3 is 10.6 Å². The lowest BCUT2D eigenvalue weighted by Crippen LogP contribution is -2.27. The van der Waals surface area contributed by atoms with Gasteiger partial charge in [-0.05, 0) is 44.0 Å². The van der Waals surface area contributed by atoms with Gasteiger partial charge in [0.05, 0.1) is 17.4 Å². The Labute approximate surface area is 143 Å². The molecule has 1 amide bonds. The Morgan fingerprint density at radius 1 is 1.39 bits per heavy atom. The van der Waals surface area contributed by atoms with Crippen molar-refractivity contribution < 1.29 is 13.2 Å². The molecule has 2 N–H and O–H groups in total. The number of carbonyl (C=O) groups excluding carboxylic acids is 1. The molecule has 128 valence electrons. The minimum Gasteiger partial charge on any atom is -0.326 e. The Hall–Kier alpha value is -1.31. The number of nitrogens with zero attached hydrogens (tertiary/aromatic N) is 1. The maximum Gasteiger partial charge on any atom is 0.235 e. The third kappa shape index (κ3) is 3.79.